The number of esters is 1. The number of Topliss-reactive ketones (excluding diaryl/α,β-unsaturated/α-hetero) is 1. The molecule has 1 N–H and O–H groups in total. The number of fused-ring (bicyclic) bond motifs is 1. The van der Waals surface area contributed by atoms with Gasteiger partial charge in [0.05, 0.1) is 23.3 Å². The molecule has 0 atom stereocenters. The quantitative estimate of drug-likeness (QED) is 0.452. The number of aromatic amines is 1. The van der Waals surface area contributed by atoms with Crippen LogP contribution < -0.4 is 4.90 Å². The number of aromatic nitrogens is 2. The van der Waals surface area contributed by atoms with Gasteiger partial charge < -0.3 is 14.6 Å². The van der Waals surface area contributed by atoms with Gasteiger partial charge in [-0.1, -0.05) is 0 Å². The molecule has 0 fully saturated rings. The molecule has 1 aromatic carbocycles. The van der Waals surface area contributed by atoms with Crippen molar-refractivity contribution >= 4 is 40.6 Å². The first kappa shape index (κ1) is 18.6. The number of anilines is 1. The summed E-state index contributed by atoms with van der Waals surface area (Å²) in [6, 6.07) is 5.95. The van der Waals surface area contributed by atoms with E-state index in [2.05, 4.69) is 33.7 Å². The monoisotopic (exact) mass is 344 g/mol. The highest BCUT2D eigenvalue weighted by atomic mass is 16.5. The molecule has 0 aliphatic rings. The third-order valence-electron chi connectivity index (χ3n) is 3.77. The number of hydrogen-bond donors (Lipinski definition) is 1. The number of ketones is 1. The molecule has 0 unspecified atom stereocenters. The lowest BCUT2D eigenvalue weighted by Gasteiger charge is -2.19. The number of nitrogens with one attached hydrogen (secondary N) is 1. The van der Waals surface area contributed by atoms with Crippen molar-refractivity contribution in [2.45, 2.75) is 39.7 Å². The highest BCUT2D eigenvalue weighted by molar-refractivity contribution is 6.01. The van der Waals surface area contributed by atoms with Crippen molar-refractivity contribution in [3.05, 3.63) is 18.2 Å². The summed E-state index contributed by atoms with van der Waals surface area (Å²) in [5.74, 6) is 0.0861. The molecule has 134 valence electrons. The number of rotatable bonds is 8. The molecule has 0 bridgehead atoms. The van der Waals surface area contributed by atoms with E-state index >= 15 is 0 Å². The first-order valence-electron chi connectivity index (χ1n) is 8.33. The van der Waals surface area contributed by atoms with Gasteiger partial charge in [0.1, 0.15) is 12.2 Å². The average Bonchev–Trinajstić information content (AvgIpc) is 2.97. The van der Waals surface area contributed by atoms with Crippen LogP contribution in [0.25, 0.3) is 11.0 Å². The van der Waals surface area contributed by atoms with E-state index in [1.54, 1.807) is 6.92 Å². The molecule has 0 amide bonds. The second-order valence-electron chi connectivity index (χ2n) is 6.00. The Hall–Kier alpha value is -2.70. The number of H-pyrrole nitrogens is 1. The van der Waals surface area contributed by atoms with Gasteiger partial charge in [0, 0.05) is 25.7 Å². The fourth-order valence-corrected chi connectivity index (χ4v) is 2.17. The molecule has 2 rings (SSSR count). The van der Waals surface area contributed by atoms with Gasteiger partial charge in [-0.05, 0) is 39.0 Å². The Morgan fingerprint density at radius 2 is 2.16 bits per heavy atom. The molecular formula is C18H24N4O3. The molecule has 1 heterocycles. The summed E-state index contributed by atoms with van der Waals surface area (Å²) in [6.45, 7) is 6.17. The van der Waals surface area contributed by atoms with Crippen molar-refractivity contribution in [3.63, 3.8) is 0 Å². The molecule has 0 aliphatic heterocycles. The summed E-state index contributed by atoms with van der Waals surface area (Å²) >= 11 is 0. The minimum Gasteiger partial charge on any atom is -0.466 e. The second-order valence-corrected chi connectivity index (χ2v) is 6.00. The number of imidazole rings is 1. The number of carbonyl (C=O) groups is 2. The zero-order valence-corrected chi connectivity index (χ0v) is 15.1. The molecule has 0 spiro atoms. The van der Waals surface area contributed by atoms with E-state index in [9.17, 15) is 9.59 Å². The first-order chi connectivity index (χ1) is 11.9. The van der Waals surface area contributed by atoms with Crippen molar-refractivity contribution in [3.8, 4) is 0 Å². The van der Waals surface area contributed by atoms with Gasteiger partial charge in [0.2, 0.25) is 5.95 Å². The molecule has 1 aromatic heterocycles. The lowest BCUT2D eigenvalue weighted by atomic mass is 10.2. The van der Waals surface area contributed by atoms with Crippen LogP contribution in [0.2, 0.25) is 0 Å². The Bertz CT molecular complexity index is 780. The number of aliphatic imine (C=N–C) groups is 1. The Labute approximate surface area is 147 Å². The maximum Gasteiger partial charge on any atom is 0.313 e. The van der Waals surface area contributed by atoms with Crippen LogP contribution in [0.15, 0.2) is 23.2 Å². The molecule has 0 radical (unpaired) electrons. The van der Waals surface area contributed by atoms with Crippen LogP contribution in [0.1, 0.15) is 33.6 Å². The predicted molar refractivity (Wildman–Crippen MR) is 98.7 cm³/mol. The summed E-state index contributed by atoms with van der Waals surface area (Å²) in [5.41, 5.74) is 2.47. The first-order valence-corrected chi connectivity index (χ1v) is 8.33. The number of nitrogens with zero attached hydrogens (tertiary/aromatic N) is 3. The number of ether oxygens (including phenoxy) is 1. The maximum absolute atomic E-state index is 11.7. The smallest absolute Gasteiger partial charge is 0.313 e. The molecule has 0 aliphatic carbocycles. The van der Waals surface area contributed by atoms with Gasteiger partial charge >= 0.3 is 5.97 Å². The van der Waals surface area contributed by atoms with Crippen molar-refractivity contribution in [2.75, 3.05) is 18.6 Å². The van der Waals surface area contributed by atoms with Crippen LogP contribution in [0, 0.1) is 0 Å². The van der Waals surface area contributed by atoms with Crippen molar-refractivity contribution in [2.24, 2.45) is 4.99 Å². The Morgan fingerprint density at radius 1 is 1.40 bits per heavy atom. The molecule has 0 saturated carbocycles. The van der Waals surface area contributed by atoms with Crippen LogP contribution in [0.4, 0.5) is 11.6 Å². The van der Waals surface area contributed by atoms with Crippen LogP contribution in [0.3, 0.4) is 0 Å². The standard InChI is InChI=1S/C18H24N4O3/c1-5-25-17(24)11-14(23)8-9-19-13-6-7-15-16(10-13)21-18(20-15)22(4)12(2)3/h6-7,9-10,12H,5,8,11H2,1-4H3,(H,20,21). The van der Waals surface area contributed by atoms with Gasteiger partial charge in [-0.2, -0.15) is 0 Å². The van der Waals surface area contributed by atoms with Crippen LogP contribution in [-0.4, -0.2) is 47.6 Å². The summed E-state index contributed by atoms with van der Waals surface area (Å²) in [6.07, 6.45) is 1.39. The Balaban J connectivity index is 2.01. The summed E-state index contributed by atoms with van der Waals surface area (Å²) < 4.78 is 4.74. The Morgan fingerprint density at radius 3 is 2.84 bits per heavy atom. The summed E-state index contributed by atoms with van der Waals surface area (Å²) in [4.78, 5) is 37.0. The van der Waals surface area contributed by atoms with Crippen LogP contribution >= 0.6 is 0 Å². The van der Waals surface area contributed by atoms with Crippen LogP contribution in [0.5, 0.6) is 0 Å². The third-order valence-corrected chi connectivity index (χ3v) is 3.77. The van der Waals surface area contributed by atoms with Crippen LogP contribution in [-0.2, 0) is 14.3 Å². The largest absolute Gasteiger partial charge is 0.466 e. The van der Waals surface area contributed by atoms with Crippen molar-refractivity contribution in [1.29, 1.82) is 0 Å². The predicted octanol–water partition coefficient (Wildman–Crippen LogP) is 3.02. The van der Waals surface area contributed by atoms with E-state index in [-0.39, 0.29) is 25.2 Å². The Kier molecular flexibility index (Phi) is 6.27. The highest BCUT2D eigenvalue weighted by Gasteiger charge is 2.11. The number of hydrogen-bond acceptors (Lipinski definition) is 6. The van der Waals surface area contributed by atoms with E-state index in [0.717, 1.165) is 22.7 Å². The number of benzene rings is 1. The zero-order valence-electron chi connectivity index (χ0n) is 15.1. The van der Waals surface area contributed by atoms with Gasteiger partial charge in [-0.25, -0.2) is 4.98 Å². The minimum atomic E-state index is -0.499. The van der Waals surface area contributed by atoms with Gasteiger partial charge in [-0.15, -0.1) is 0 Å². The minimum absolute atomic E-state index is 0.0984. The molecular weight excluding hydrogens is 320 g/mol. The van der Waals surface area contributed by atoms with E-state index in [4.69, 9.17) is 4.74 Å². The van der Waals surface area contributed by atoms with Gasteiger partial charge in [-0.3, -0.25) is 14.6 Å². The fraction of sp³-hybridized carbons (Fsp3) is 0.444. The van der Waals surface area contributed by atoms with E-state index < -0.39 is 5.97 Å². The van der Waals surface area contributed by atoms with Crippen molar-refractivity contribution in [1.82, 2.24) is 9.97 Å². The molecule has 2 aromatic rings. The fourth-order valence-electron chi connectivity index (χ4n) is 2.17. The molecule has 0 saturated heterocycles. The van der Waals surface area contributed by atoms with Gasteiger partial charge in [0.15, 0.2) is 0 Å². The maximum atomic E-state index is 11.7. The molecule has 7 heteroatoms. The topological polar surface area (TPSA) is 87.7 Å². The van der Waals surface area contributed by atoms with E-state index in [1.165, 1.54) is 6.21 Å². The third kappa shape index (κ3) is 5.14. The normalized spacial score (nSPS) is 11.4. The summed E-state index contributed by atoms with van der Waals surface area (Å²) in [7, 11) is 1.98. The lowest BCUT2D eigenvalue weighted by Crippen LogP contribution is -2.26. The second kappa shape index (κ2) is 8.41. The van der Waals surface area contributed by atoms with Gasteiger partial charge in [0.25, 0.3) is 0 Å². The lowest BCUT2D eigenvalue weighted by molar-refractivity contribution is -0.145. The molecule has 7 nitrogen and oxygen atoms in total. The highest BCUT2D eigenvalue weighted by Crippen LogP contribution is 2.22. The van der Waals surface area contributed by atoms with Crippen molar-refractivity contribution < 1.29 is 14.3 Å². The van der Waals surface area contributed by atoms with E-state index in [0.29, 0.717) is 6.04 Å². The number of carbonyl (C=O) groups excluding carboxylic acids is 2. The zero-order chi connectivity index (χ0) is 18.4. The average molecular weight is 344 g/mol. The van der Waals surface area contributed by atoms with E-state index in [1.807, 2.05) is 25.2 Å². The summed E-state index contributed by atoms with van der Waals surface area (Å²) in [5, 5.41) is 0. The molecule has 25 heavy (non-hydrogen) atoms. The SMILES string of the molecule is CCOC(=O)CC(=O)CC=Nc1ccc2nc(N(C)C(C)C)[nH]c2c1.